The van der Waals surface area contributed by atoms with Crippen LogP contribution < -0.4 is 0 Å². The van der Waals surface area contributed by atoms with Crippen LogP contribution in [0.1, 0.15) is 79.1 Å². The average Bonchev–Trinajstić information content (AvgIpc) is 2.96. The SMILES string of the molecule is CCC/C=C1\C(N2CCN(C(=O)C3CCCCC3)CC2)=CC(C)=NN1C(=C(C)C)C1C=C(OC)C(OC)=CC1. The topological polar surface area (TPSA) is 57.6 Å². The van der Waals surface area contributed by atoms with Crippen LogP contribution in [0.4, 0.5) is 0 Å². The molecule has 1 unspecified atom stereocenters. The van der Waals surface area contributed by atoms with Gasteiger partial charge >= 0.3 is 0 Å². The molecule has 0 bridgehead atoms. The van der Waals surface area contributed by atoms with Crippen molar-refractivity contribution in [3.05, 3.63) is 58.5 Å². The lowest BCUT2D eigenvalue weighted by molar-refractivity contribution is -0.138. The first-order valence-electron chi connectivity index (χ1n) is 14.9. The van der Waals surface area contributed by atoms with E-state index in [-0.39, 0.29) is 11.8 Å². The van der Waals surface area contributed by atoms with Gasteiger partial charge in [0.15, 0.2) is 11.5 Å². The number of rotatable bonds is 8. The number of piperazine rings is 1. The van der Waals surface area contributed by atoms with Crippen molar-refractivity contribution in [3.8, 4) is 0 Å². The molecular weight excluding hydrogens is 488 g/mol. The highest BCUT2D eigenvalue weighted by Crippen LogP contribution is 2.38. The van der Waals surface area contributed by atoms with E-state index < -0.39 is 0 Å². The molecule has 1 saturated heterocycles. The summed E-state index contributed by atoms with van der Waals surface area (Å²) in [6, 6.07) is 0. The van der Waals surface area contributed by atoms with Gasteiger partial charge in [-0.25, -0.2) is 5.01 Å². The normalized spacial score (nSPS) is 23.6. The monoisotopic (exact) mass is 536 g/mol. The van der Waals surface area contributed by atoms with Crippen LogP contribution in [-0.4, -0.2) is 66.8 Å². The van der Waals surface area contributed by atoms with Crippen molar-refractivity contribution >= 4 is 11.6 Å². The fraction of sp³-hybridized carbons (Fsp3) is 0.625. The largest absolute Gasteiger partial charge is 0.493 e. The van der Waals surface area contributed by atoms with E-state index in [0.717, 1.165) is 81.2 Å². The van der Waals surface area contributed by atoms with Gasteiger partial charge in [-0.05, 0) is 64.7 Å². The van der Waals surface area contributed by atoms with Crippen molar-refractivity contribution in [2.75, 3.05) is 40.4 Å². The highest BCUT2D eigenvalue weighted by Gasteiger charge is 2.34. The number of nitrogens with zero attached hydrogens (tertiary/aromatic N) is 4. The number of allylic oxidation sites excluding steroid dienone is 5. The predicted octanol–water partition coefficient (Wildman–Crippen LogP) is 6.34. The van der Waals surface area contributed by atoms with E-state index >= 15 is 0 Å². The van der Waals surface area contributed by atoms with E-state index in [4.69, 9.17) is 14.6 Å². The first-order valence-corrected chi connectivity index (χ1v) is 14.9. The second-order valence-electron chi connectivity index (χ2n) is 11.3. The summed E-state index contributed by atoms with van der Waals surface area (Å²) in [5.41, 5.74) is 5.73. The first-order chi connectivity index (χ1) is 18.9. The van der Waals surface area contributed by atoms with Crippen LogP contribution in [0.25, 0.3) is 0 Å². The molecule has 7 nitrogen and oxygen atoms in total. The minimum Gasteiger partial charge on any atom is -0.493 e. The number of hydrazone groups is 1. The van der Waals surface area contributed by atoms with Gasteiger partial charge in [0.25, 0.3) is 0 Å². The van der Waals surface area contributed by atoms with Gasteiger partial charge in [0.2, 0.25) is 5.91 Å². The molecule has 2 aliphatic carbocycles. The quantitative estimate of drug-likeness (QED) is 0.362. The Labute approximate surface area is 235 Å². The van der Waals surface area contributed by atoms with E-state index in [1.807, 2.05) is 0 Å². The Kier molecular flexibility index (Phi) is 9.98. The highest BCUT2D eigenvalue weighted by molar-refractivity contribution is 5.95. The van der Waals surface area contributed by atoms with Crippen molar-refractivity contribution in [1.82, 2.24) is 14.8 Å². The summed E-state index contributed by atoms with van der Waals surface area (Å²) in [7, 11) is 3.38. The third kappa shape index (κ3) is 6.62. The Morgan fingerprint density at radius 1 is 1.05 bits per heavy atom. The predicted molar refractivity (Wildman–Crippen MR) is 157 cm³/mol. The molecule has 2 aliphatic heterocycles. The second-order valence-corrected chi connectivity index (χ2v) is 11.3. The number of ether oxygens (including phenoxy) is 2. The molecular formula is C32H48N4O3. The van der Waals surface area contributed by atoms with Crippen LogP contribution in [0.15, 0.2) is 63.6 Å². The van der Waals surface area contributed by atoms with Gasteiger partial charge < -0.3 is 19.3 Å². The van der Waals surface area contributed by atoms with Gasteiger partial charge in [0.05, 0.1) is 31.3 Å². The van der Waals surface area contributed by atoms with Crippen molar-refractivity contribution < 1.29 is 14.3 Å². The van der Waals surface area contributed by atoms with Crippen molar-refractivity contribution in [2.45, 2.75) is 79.1 Å². The smallest absolute Gasteiger partial charge is 0.225 e. The molecule has 2 fully saturated rings. The summed E-state index contributed by atoms with van der Waals surface area (Å²) in [5, 5.41) is 7.26. The maximum atomic E-state index is 13.2. The molecule has 1 atom stereocenters. The van der Waals surface area contributed by atoms with Crippen LogP contribution in [-0.2, 0) is 14.3 Å². The van der Waals surface area contributed by atoms with E-state index in [1.165, 1.54) is 36.2 Å². The molecule has 2 heterocycles. The standard InChI is InChI=1S/C32H48N4O3/c1-7-8-14-27-28(34-17-19-35(20-18-34)32(37)25-12-10-9-11-13-25)21-24(4)33-36(27)31(23(2)3)26-15-16-29(38-5)30(22-26)39-6/h14,16,21-22,25-26H,7-13,15,17-20H2,1-6H3/b27-14+. The number of carbonyl (C=O) groups is 1. The third-order valence-electron chi connectivity index (χ3n) is 8.29. The van der Waals surface area contributed by atoms with Gasteiger partial charge in [0, 0.05) is 43.7 Å². The number of carbonyl (C=O) groups excluding carboxylic acids is 1. The molecule has 4 rings (SSSR count). The highest BCUT2D eigenvalue weighted by atomic mass is 16.5. The van der Waals surface area contributed by atoms with E-state index in [9.17, 15) is 4.79 Å². The molecule has 0 aromatic carbocycles. The zero-order chi connectivity index (χ0) is 27.9. The van der Waals surface area contributed by atoms with E-state index in [0.29, 0.717) is 5.91 Å². The molecule has 1 amide bonds. The summed E-state index contributed by atoms with van der Waals surface area (Å²) >= 11 is 0. The van der Waals surface area contributed by atoms with Gasteiger partial charge in [-0.15, -0.1) is 0 Å². The number of unbranched alkanes of at least 4 members (excludes halogenated alkanes) is 1. The van der Waals surface area contributed by atoms with Crippen molar-refractivity contribution in [1.29, 1.82) is 0 Å². The zero-order valence-corrected chi connectivity index (χ0v) is 25.0. The number of methoxy groups -OCH3 is 2. The summed E-state index contributed by atoms with van der Waals surface area (Å²) in [6.07, 6.45) is 17.5. The zero-order valence-electron chi connectivity index (χ0n) is 25.0. The number of hydrogen-bond acceptors (Lipinski definition) is 6. The summed E-state index contributed by atoms with van der Waals surface area (Å²) in [6.45, 7) is 11.9. The number of hydrogen-bond donors (Lipinski definition) is 0. The summed E-state index contributed by atoms with van der Waals surface area (Å²) < 4.78 is 11.2. The van der Waals surface area contributed by atoms with Crippen molar-refractivity contribution in [2.24, 2.45) is 16.9 Å². The lowest BCUT2D eigenvalue weighted by Crippen LogP contribution is -2.51. The maximum absolute atomic E-state index is 13.2. The first kappa shape index (κ1) is 29.0. The number of amides is 1. The van der Waals surface area contributed by atoms with Gasteiger partial charge in [-0.3, -0.25) is 4.79 Å². The second kappa shape index (κ2) is 13.4. The van der Waals surface area contributed by atoms with Crippen LogP contribution >= 0.6 is 0 Å². The summed E-state index contributed by atoms with van der Waals surface area (Å²) in [5.74, 6) is 2.27. The van der Waals surface area contributed by atoms with E-state index in [1.54, 1.807) is 14.2 Å². The fourth-order valence-corrected chi connectivity index (χ4v) is 6.26. The molecule has 214 valence electrons. The minimum absolute atomic E-state index is 0.120. The van der Waals surface area contributed by atoms with Crippen LogP contribution in [0, 0.1) is 11.8 Å². The molecule has 39 heavy (non-hydrogen) atoms. The molecule has 0 aromatic rings. The Balaban J connectivity index is 1.58. The molecule has 7 heteroatoms. The van der Waals surface area contributed by atoms with E-state index in [2.05, 4.69) is 66.8 Å². The lowest BCUT2D eigenvalue weighted by atomic mass is 9.88. The van der Waals surface area contributed by atoms with Gasteiger partial charge in [-0.1, -0.05) is 44.3 Å². The molecule has 0 N–H and O–H groups in total. The van der Waals surface area contributed by atoms with Gasteiger partial charge in [0.1, 0.15) is 0 Å². The molecule has 0 spiro atoms. The van der Waals surface area contributed by atoms with Gasteiger partial charge in [-0.2, -0.15) is 5.10 Å². The Bertz CT molecular complexity index is 1080. The van der Waals surface area contributed by atoms with Crippen molar-refractivity contribution in [3.63, 3.8) is 0 Å². The molecule has 0 radical (unpaired) electrons. The Morgan fingerprint density at radius 3 is 2.36 bits per heavy atom. The minimum atomic E-state index is 0.120. The third-order valence-corrected chi connectivity index (χ3v) is 8.29. The van der Waals surface area contributed by atoms with Crippen LogP contribution in [0.5, 0.6) is 0 Å². The summed E-state index contributed by atoms with van der Waals surface area (Å²) in [4.78, 5) is 17.8. The lowest BCUT2D eigenvalue weighted by Gasteiger charge is -2.42. The van der Waals surface area contributed by atoms with Crippen LogP contribution in [0.2, 0.25) is 0 Å². The Hall–Kier alpha value is -2.96. The fourth-order valence-electron chi connectivity index (χ4n) is 6.26. The molecule has 4 aliphatic rings. The van der Waals surface area contributed by atoms with Crippen LogP contribution in [0.3, 0.4) is 0 Å². The average molecular weight is 537 g/mol. The maximum Gasteiger partial charge on any atom is 0.225 e. The molecule has 1 saturated carbocycles. The molecule has 0 aromatic heterocycles. The Morgan fingerprint density at radius 2 is 1.74 bits per heavy atom.